The summed E-state index contributed by atoms with van der Waals surface area (Å²) in [7, 11) is -3.76. The highest BCUT2D eigenvalue weighted by molar-refractivity contribution is 7.89. The molecule has 4 rings (SSSR count). The summed E-state index contributed by atoms with van der Waals surface area (Å²) in [5.41, 5.74) is 2.11. The number of aromatic nitrogens is 3. The minimum absolute atomic E-state index is 0.123. The zero-order valence-corrected chi connectivity index (χ0v) is 18.7. The van der Waals surface area contributed by atoms with Crippen LogP contribution in [0.25, 0.3) is 11.0 Å². The first kappa shape index (κ1) is 22.3. The third kappa shape index (κ3) is 4.66. The van der Waals surface area contributed by atoms with Gasteiger partial charge in [-0.15, -0.1) is 5.10 Å². The lowest BCUT2D eigenvalue weighted by Gasteiger charge is -2.31. The lowest BCUT2D eigenvalue weighted by Crippen LogP contribution is -2.45. The number of hydrogen-bond donors (Lipinski definition) is 1. The maximum atomic E-state index is 13.2. The molecule has 0 radical (unpaired) electrons. The molecule has 2 aromatic carbocycles. The van der Waals surface area contributed by atoms with Crippen LogP contribution in [0.1, 0.15) is 31.7 Å². The van der Waals surface area contributed by atoms with E-state index >= 15 is 0 Å². The number of fused-ring (bicyclic) bond motifs is 1. The Hall–Kier alpha value is -2.85. The number of amides is 1. The van der Waals surface area contributed by atoms with Gasteiger partial charge in [0.1, 0.15) is 11.3 Å². The summed E-state index contributed by atoms with van der Waals surface area (Å²) in [6.07, 6.45) is 2.12. The molecule has 1 aliphatic heterocycles. The normalized spacial score (nSPS) is 17.5. The number of sulfonamides is 1. The minimum atomic E-state index is -3.76. The van der Waals surface area contributed by atoms with E-state index in [1.807, 2.05) is 6.92 Å². The van der Waals surface area contributed by atoms with Gasteiger partial charge in [0.2, 0.25) is 15.9 Å². The highest BCUT2D eigenvalue weighted by Crippen LogP contribution is 2.26. The summed E-state index contributed by atoms with van der Waals surface area (Å²) in [4.78, 5) is 12.8. The van der Waals surface area contributed by atoms with Crippen molar-refractivity contribution in [2.24, 2.45) is 5.92 Å². The van der Waals surface area contributed by atoms with E-state index in [9.17, 15) is 17.6 Å². The van der Waals surface area contributed by atoms with Crippen LogP contribution in [0.5, 0.6) is 0 Å². The zero-order chi connectivity index (χ0) is 22.7. The SMILES string of the molecule is CCCn1nnc2cc(S(=O)(=O)N3CCC[C@@H](C(=O)NCc4ccc(F)cc4)C3)ccc21. The lowest BCUT2D eigenvalue weighted by atomic mass is 9.99. The molecule has 1 fully saturated rings. The Kier molecular flexibility index (Phi) is 6.52. The first-order valence-corrected chi connectivity index (χ1v) is 12.2. The molecule has 32 heavy (non-hydrogen) atoms. The van der Waals surface area contributed by atoms with Gasteiger partial charge in [-0.1, -0.05) is 24.3 Å². The molecule has 8 nitrogen and oxygen atoms in total. The summed E-state index contributed by atoms with van der Waals surface area (Å²) in [6, 6.07) is 10.8. The number of carbonyl (C=O) groups is 1. The highest BCUT2D eigenvalue weighted by Gasteiger charge is 2.33. The van der Waals surface area contributed by atoms with Gasteiger partial charge in [-0.25, -0.2) is 17.5 Å². The highest BCUT2D eigenvalue weighted by atomic mass is 32.2. The van der Waals surface area contributed by atoms with Crippen LogP contribution in [0.4, 0.5) is 4.39 Å². The molecule has 170 valence electrons. The van der Waals surface area contributed by atoms with Gasteiger partial charge in [-0.05, 0) is 55.2 Å². The van der Waals surface area contributed by atoms with Crippen molar-refractivity contribution in [3.05, 3.63) is 53.8 Å². The van der Waals surface area contributed by atoms with Gasteiger partial charge in [-0.2, -0.15) is 4.31 Å². The summed E-state index contributed by atoms with van der Waals surface area (Å²) in [5, 5.41) is 11.0. The lowest BCUT2D eigenvalue weighted by molar-refractivity contribution is -0.126. The van der Waals surface area contributed by atoms with Crippen LogP contribution >= 0.6 is 0 Å². The second-order valence-electron chi connectivity index (χ2n) is 8.01. The van der Waals surface area contributed by atoms with Gasteiger partial charge in [0.05, 0.1) is 16.3 Å². The fourth-order valence-electron chi connectivity index (χ4n) is 3.95. The molecule has 0 unspecified atom stereocenters. The average molecular weight is 460 g/mol. The summed E-state index contributed by atoms with van der Waals surface area (Å²) < 4.78 is 42.7. The molecule has 0 saturated carbocycles. The molecule has 2 heterocycles. The average Bonchev–Trinajstić information content (AvgIpc) is 3.21. The van der Waals surface area contributed by atoms with E-state index in [0.717, 1.165) is 17.5 Å². The van der Waals surface area contributed by atoms with Crippen molar-refractivity contribution < 1.29 is 17.6 Å². The number of halogens is 1. The van der Waals surface area contributed by atoms with Gasteiger partial charge in [0.15, 0.2) is 0 Å². The van der Waals surface area contributed by atoms with Crippen LogP contribution in [0.15, 0.2) is 47.4 Å². The smallest absolute Gasteiger partial charge is 0.243 e. The molecule has 0 bridgehead atoms. The Labute approximate surface area is 186 Å². The van der Waals surface area contributed by atoms with Crippen molar-refractivity contribution in [2.45, 2.75) is 44.2 Å². The van der Waals surface area contributed by atoms with Crippen LogP contribution < -0.4 is 5.32 Å². The molecule has 0 aliphatic carbocycles. The third-order valence-corrected chi connectivity index (χ3v) is 7.55. The van der Waals surface area contributed by atoms with Crippen molar-refractivity contribution in [3.8, 4) is 0 Å². The van der Waals surface area contributed by atoms with Crippen molar-refractivity contribution in [3.63, 3.8) is 0 Å². The predicted molar refractivity (Wildman–Crippen MR) is 118 cm³/mol. The maximum Gasteiger partial charge on any atom is 0.243 e. The van der Waals surface area contributed by atoms with E-state index in [-0.39, 0.29) is 29.7 Å². The quantitative estimate of drug-likeness (QED) is 0.586. The van der Waals surface area contributed by atoms with Crippen LogP contribution in [-0.4, -0.2) is 46.7 Å². The third-order valence-electron chi connectivity index (χ3n) is 5.69. The van der Waals surface area contributed by atoms with Gasteiger partial charge in [0, 0.05) is 26.2 Å². The van der Waals surface area contributed by atoms with E-state index in [1.165, 1.54) is 16.4 Å². The van der Waals surface area contributed by atoms with E-state index in [2.05, 4.69) is 15.6 Å². The molecule has 1 saturated heterocycles. The molecular weight excluding hydrogens is 433 g/mol. The summed E-state index contributed by atoms with van der Waals surface area (Å²) in [6.45, 7) is 3.51. The summed E-state index contributed by atoms with van der Waals surface area (Å²) in [5.74, 6) is -0.973. The molecule has 1 atom stereocenters. The molecule has 0 spiro atoms. The Morgan fingerprint density at radius 1 is 1.22 bits per heavy atom. The van der Waals surface area contributed by atoms with Crippen LogP contribution in [0, 0.1) is 11.7 Å². The van der Waals surface area contributed by atoms with E-state index < -0.39 is 15.9 Å². The van der Waals surface area contributed by atoms with Crippen molar-refractivity contribution in [1.29, 1.82) is 0 Å². The monoisotopic (exact) mass is 459 g/mol. The number of piperidine rings is 1. The fraction of sp³-hybridized carbons (Fsp3) is 0.409. The number of benzene rings is 2. The summed E-state index contributed by atoms with van der Waals surface area (Å²) >= 11 is 0. The van der Waals surface area contributed by atoms with Crippen molar-refractivity contribution in [2.75, 3.05) is 13.1 Å². The van der Waals surface area contributed by atoms with Crippen LogP contribution in [-0.2, 0) is 27.9 Å². The molecule has 1 aliphatic rings. The number of rotatable bonds is 7. The maximum absolute atomic E-state index is 13.2. The Bertz CT molecular complexity index is 1210. The number of aryl methyl sites for hydroxylation is 1. The molecule has 3 aromatic rings. The second kappa shape index (κ2) is 9.33. The molecule has 1 amide bonds. The van der Waals surface area contributed by atoms with Crippen molar-refractivity contribution >= 4 is 27.0 Å². The van der Waals surface area contributed by atoms with Crippen LogP contribution in [0.3, 0.4) is 0 Å². The number of nitrogens with one attached hydrogen (secondary N) is 1. The standard InChI is InChI=1S/C22H26FN5O3S/c1-2-11-28-21-10-9-19(13-20(21)25-26-28)32(30,31)27-12-3-4-17(15-27)22(29)24-14-16-5-7-18(23)8-6-16/h5-10,13,17H,2-4,11-12,14-15H2,1H3,(H,24,29)/t17-/m1/s1. The van der Waals surface area contributed by atoms with Gasteiger partial charge in [-0.3, -0.25) is 4.79 Å². The number of nitrogens with zero attached hydrogens (tertiary/aromatic N) is 4. The van der Waals surface area contributed by atoms with Crippen LogP contribution in [0.2, 0.25) is 0 Å². The first-order valence-electron chi connectivity index (χ1n) is 10.7. The van der Waals surface area contributed by atoms with Gasteiger partial charge >= 0.3 is 0 Å². The van der Waals surface area contributed by atoms with Crippen molar-refractivity contribution in [1.82, 2.24) is 24.6 Å². The zero-order valence-electron chi connectivity index (χ0n) is 17.9. The van der Waals surface area contributed by atoms with E-state index in [0.29, 0.717) is 31.4 Å². The second-order valence-corrected chi connectivity index (χ2v) is 9.95. The molecular formula is C22H26FN5O3S. The first-order chi connectivity index (χ1) is 15.4. The molecule has 1 N–H and O–H groups in total. The topological polar surface area (TPSA) is 97.2 Å². The predicted octanol–water partition coefficient (Wildman–Crippen LogP) is 2.70. The Balaban J connectivity index is 1.45. The fourth-order valence-corrected chi connectivity index (χ4v) is 5.49. The largest absolute Gasteiger partial charge is 0.352 e. The minimum Gasteiger partial charge on any atom is -0.352 e. The van der Waals surface area contributed by atoms with E-state index in [1.54, 1.807) is 35.0 Å². The molecule has 10 heteroatoms. The van der Waals surface area contributed by atoms with E-state index in [4.69, 9.17) is 0 Å². The molecule has 1 aromatic heterocycles. The van der Waals surface area contributed by atoms with Gasteiger partial charge < -0.3 is 5.32 Å². The number of carbonyl (C=O) groups excluding carboxylic acids is 1. The number of hydrogen-bond acceptors (Lipinski definition) is 5. The Morgan fingerprint density at radius 3 is 2.75 bits per heavy atom. The Morgan fingerprint density at radius 2 is 2.00 bits per heavy atom. The van der Waals surface area contributed by atoms with Gasteiger partial charge in [0.25, 0.3) is 0 Å².